The van der Waals surface area contributed by atoms with Crippen molar-refractivity contribution >= 4 is 5.91 Å². The van der Waals surface area contributed by atoms with Crippen LogP contribution in [0.15, 0.2) is 36.4 Å². The predicted molar refractivity (Wildman–Crippen MR) is 88.9 cm³/mol. The van der Waals surface area contributed by atoms with E-state index in [0.717, 1.165) is 31.5 Å². The predicted octanol–water partition coefficient (Wildman–Crippen LogP) is 3.65. The lowest BCUT2D eigenvalue weighted by molar-refractivity contribution is -0.131. The summed E-state index contributed by atoms with van der Waals surface area (Å²) in [5, 5.41) is 0. The van der Waals surface area contributed by atoms with Gasteiger partial charge in [0.2, 0.25) is 5.91 Å². The Labute approximate surface area is 136 Å². The molecule has 0 unspecified atom stereocenters. The molecular weight excluding hydrogens is 291 g/mol. The maximum Gasteiger partial charge on any atom is 0.226 e. The molecule has 3 nitrogen and oxygen atoms in total. The van der Waals surface area contributed by atoms with Crippen LogP contribution < -0.4 is 0 Å². The molecule has 0 radical (unpaired) electrons. The zero-order valence-corrected chi connectivity index (χ0v) is 13.8. The molecule has 1 aliphatic rings. The van der Waals surface area contributed by atoms with E-state index >= 15 is 0 Å². The van der Waals surface area contributed by atoms with Gasteiger partial charge < -0.3 is 9.47 Å². The van der Waals surface area contributed by atoms with E-state index < -0.39 is 0 Å². The number of benzene rings is 1. The van der Waals surface area contributed by atoms with Gasteiger partial charge in [-0.05, 0) is 56.5 Å². The molecule has 1 amide bonds. The number of rotatable bonds is 3. The van der Waals surface area contributed by atoms with Crippen molar-refractivity contribution in [2.24, 2.45) is 0 Å². The highest BCUT2D eigenvalue weighted by atomic mass is 19.1. The Morgan fingerprint density at radius 2 is 1.61 bits per heavy atom. The first-order chi connectivity index (χ1) is 11.0. The number of hydrogen-bond acceptors (Lipinski definition) is 1. The summed E-state index contributed by atoms with van der Waals surface area (Å²) in [6.45, 7) is 5.86. The van der Waals surface area contributed by atoms with Crippen LogP contribution in [0.25, 0.3) is 0 Å². The van der Waals surface area contributed by atoms with Crippen molar-refractivity contribution in [3.8, 4) is 0 Å². The summed E-state index contributed by atoms with van der Waals surface area (Å²) in [6.07, 6.45) is 2.34. The number of carbonyl (C=O) groups is 1. The first-order valence-corrected chi connectivity index (χ1v) is 8.21. The normalized spacial score (nSPS) is 15.9. The molecule has 0 N–H and O–H groups in total. The number of nitrogens with zero attached hydrogens (tertiary/aromatic N) is 2. The summed E-state index contributed by atoms with van der Waals surface area (Å²) in [4.78, 5) is 14.3. The van der Waals surface area contributed by atoms with Gasteiger partial charge in [-0.2, -0.15) is 0 Å². The Bertz CT molecular complexity index is 662. The van der Waals surface area contributed by atoms with E-state index in [1.54, 1.807) is 12.1 Å². The maximum atomic E-state index is 12.9. The van der Waals surface area contributed by atoms with Gasteiger partial charge in [-0.25, -0.2) is 4.39 Å². The van der Waals surface area contributed by atoms with Gasteiger partial charge in [-0.15, -0.1) is 0 Å². The summed E-state index contributed by atoms with van der Waals surface area (Å²) in [6, 6.07) is 11.0. The lowest BCUT2D eigenvalue weighted by Gasteiger charge is -2.34. The quantitative estimate of drug-likeness (QED) is 0.849. The van der Waals surface area contributed by atoms with E-state index in [4.69, 9.17) is 0 Å². The Morgan fingerprint density at radius 1 is 1.04 bits per heavy atom. The molecule has 0 bridgehead atoms. The lowest BCUT2D eigenvalue weighted by Crippen LogP contribution is -2.40. The topological polar surface area (TPSA) is 25.2 Å². The third-order valence-electron chi connectivity index (χ3n) is 4.78. The van der Waals surface area contributed by atoms with Crippen LogP contribution in [-0.2, 0) is 11.2 Å². The van der Waals surface area contributed by atoms with Crippen LogP contribution in [0, 0.1) is 19.7 Å². The lowest BCUT2D eigenvalue weighted by atomic mass is 10.0. The molecule has 0 aliphatic carbocycles. The standard InChI is InChI=1S/C19H23FN2O/c1-14-3-4-15(2)22(14)18-9-11-21(12-10-18)19(23)13-16-5-7-17(20)8-6-16/h3-8,18H,9-13H2,1-2H3. The molecule has 1 aromatic carbocycles. The molecule has 3 rings (SSSR count). The van der Waals surface area contributed by atoms with E-state index in [-0.39, 0.29) is 11.7 Å². The molecule has 0 spiro atoms. The van der Waals surface area contributed by atoms with Crippen LogP contribution in [0.3, 0.4) is 0 Å². The molecule has 23 heavy (non-hydrogen) atoms. The number of aromatic nitrogens is 1. The van der Waals surface area contributed by atoms with E-state index in [1.165, 1.54) is 23.5 Å². The van der Waals surface area contributed by atoms with Crippen molar-refractivity contribution in [1.82, 2.24) is 9.47 Å². The van der Waals surface area contributed by atoms with Crippen molar-refractivity contribution in [3.63, 3.8) is 0 Å². The van der Waals surface area contributed by atoms with Gasteiger partial charge >= 0.3 is 0 Å². The summed E-state index contributed by atoms with van der Waals surface area (Å²) < 4.78 is 15.3. The molecule has 2 heterocycles. The fourth-order valence-corrected chi connectivity index (χ4v) is 3.52. The van der Waals surface area contributed by atoms with E-state index in [9.17, 15) is 9.18 Å². The second kappa shape index (κ2) is 6.57. The average molecular weight is 314 g/mol. The van der Waals surface area contributed by atoms with Gasteiger partial charge in [-0.3, -0.25) is 4.79 Å². The number of amides is 1. The highest BCUT2D eigenvalue weighted by molar-refractivity contribution is 5.78. The van der Waals surface area contributed by atoms with Gasteiger partial charge in [0.15, 0.2) is 0 Å². The summed E-state index contributed by atoms with van der Waals surface area (Å²) in [5.41, 5.74) is 3.45. The minimum Gasteiger partial charge on any atom is -0.346 e. The second-order valence-corrected chi connectivity index (χ2v) is 6.40. The van der Waals surface area contributed by atoms with Crippen LogP contribution in [-0.4, -0.2) is 28.5 Å². The van der Waals surface area contributed by atoms with Crippen molar-refractivity contribution in [1.29, 1.82) is 0 Å². The molecular formula is C19H23FN2O. The first-order valence-electron chi connectivity index (χ1n) is 8.21. The molecule has 4 heteroatoms. The highest BCUT2D eigenvalue weighted by Crippen LogP contribution is 2.26. The number of carbonyl (C=O) groups excluding carboxylic acids is 1. The maximum absolute atomic E-state index is 12.9. The molecule has 0 saturated carbocycles. The molecule has 0 atom stereocenters. The van der Waals surface area contributed by atoms with E-state index in [1.807, 2.05) is 4.90 Å². The van der Waals surface area contributed by atoms with Crippen molar-refractivity contribution in [2.45, 2.75) is 39.2 Å². The molecule has 122 valence electrons. The Kier molecular flexibility index (Phi) is 4.51. The van der Waals surface area contributed by atoms with Crippen molar-refractivity contribution in [3.05, 3.63) is 59.2 Å². The van der Waals surface area contributed by atoms with Crippen LogP contribution in [0.4, 0.5) is 4.39 Å². The van der Waals surface area contributed by atoms with E-state index in [0.29, 0.717) is 12.5 Å². The Balaban J connectivity index is 1.58. The number of halogens is 1. The average Bonchev–Trinajstić information content (AvgIpc) is 2.88. The summed E-state index contributed by atoms with van der Waals surface area (Å²) in [5.74, 6) is -0.129. The molecule has 1 aromatic heterocycles. The highest BCUT2D eigenvalue weighted by Gasteiger charge is 2.24. The number of hydrogen-bond donors (Lipinski definition) is 0. The van der Waals surface area contributed by atoms with Crippen molar-refractivity contribution in [2.75, 3.05) is 13.1 Å². The second-order valence-electron chi connectivity index (χ2n) is 6.40. The third kappa shape index (κ3) is 3.46. The monoisotopic (exact) mass is 314 g/mol. The first kappa shape index (κ1) is 15.8. The number of piperidine rings is 1. The Hall–Kier alpha value is -2.10. The van der Waals surface area contributed by atoms with E-state index in [2.05, 4.69) is 30.5 Å². The minimum absolute atomic E-state index is 0.135. The molecule has 2 aromatic rings. The largest absolute Gasteiger partial charge is 0.346 e. The minimum atomic E-state index is -0.264. The zero-order valence-electron chi connectivity index (χ0n) is 13.8. The van der Waals surface area contributed by atoms with Gasteiger partial charge in [0, 0.05) is 30.5 Å². The molecule has 1 aliphatic heterocycles. The molecule has 1 saturated heterocycles. The number of aryl methyl sites for hydroxylation is 2. The summed E-state index contributed by atoms with van der Waals surface area (Å²) >= 11 is 0. The fourth-order valence-electron chi connectivity index (χ4n) is 3.52. The summed E-state index contributed by atoms with van der Waals surface area (Å²) in [7, 11) is 0. The van der Waals surface area contributed by atoms with Crippen LogP contribution >= 0.6 is 0 Å². The Morgan fingerprint density at radius 3 is 2.17 bits per heavy atom. The molecule has 1 fully saturated rings. The van der Waals surface area contributed by atoms with Crippen LogP contribution in [0.1, 0.15) is 35.8 Å². The number of likely N-dealkylation sites (tertiary alicyclic amines) is 1. The van der Waals surface area contributed by atoms with Gasteiger partial charge in [0.25, 0.3) is 0 Å². The van der Waals surface area contributed by atoms with Gasteiger partial charge in [0.1, 0.15) is 5.82 Å². The van der Waals surface area contributed by atoms with Crippen LogP contribution in [0.5, 0.6) is 0 Å². The third-order valence-corrected chi connectivity index (χ3v) is 4.78. The van der Waals surface area contributed by atoms with Crippen LogP contribution in [0.2, 0.25) is 0 Å². The fraction of sp³-hybridized carbons (Fsp3) is 0.421. The zero-order chi connectivity index (χ0) is 16.4. The van der Waals surface area contributed by atoms with Gasteiger partial charge in [-0.1, -0.05) is 12.1 Å². The van der Waals surface area contributed by atoms with Crippen molar-refractivity contribution < 1.29 is 9.18 Å². The SMILES string of the molecule is Cc1ccc(C)n1C1CCN(C(=O)Cc2ccc(F)cc2)CC1. The smallest absolute Gasteiger partial charge is 0.226 e. The van der Waals surface area contributed by atoms with Gasteiger partial charge in [0.05, 0.1) is 6.42 Å².